The van der Waals surface area contributed by atoms with E-state index >= 15 is 0 Å². The SMILES string of the molecule is CC1CCCC(NC(=O)c2ccc(CCl)cc2)C1. The summed E-state index contributed by atoms with van der Waals surface area (Å²) in [5, 5.41) is 3.13. The molecule has 0 spiro atoms. The van der Waals surface area contributed by atoms with E-state index in [0.29, 0.717) is 11.9 Å². The van der Waals surface area contributed by atoms with Crippen molar-refractivity contribution < 1.29 is 4.79 Å². The summed E-state index contributed by atoms with van der Waals surface area (Å²) in [6.07, 6.45) is 4.72. The number of amides is 1. The van der Waals surface area contributed by atoms with E-state index in [2.05, 4.69) is 12.2 Å². The Bertz CT molecular complexity index is 401. The van der Waals surface area contributed by atoms with Crippen molar-refractivity contribution in [1.82, 2.24) is 5.32 Å². The Morgan fingerprint density at radius 3 is 2.67 bits per heavy atom. The van der Waals surface area contributed by atoms with Crippen LogP contribution in [-0.2, 0) is 5.88 Å². The molecule has 98 valence electrons. The van der Waals surface area contributed by atoms with Gasteiger partial charge in [0.05, 0.1) is 0 Å². The number of carbonyl (C=O) groups is 1. The minimum absolute atomic E-state index is 0.0372. The molecule has 1 fully saturated rings. The van der Waals surface area contributed by atoms with Crippen LogP contribution in [0.2, 0.25) is 0 Å². The fourth-order valence-electron chi connectivity index (χ4n) is 2.58. The van der Waals surface area contributed by atoms with Crippen LogP contribution in [-0.4, -0.2) is 11.9 Å². The predicted molar refractivity (Wildman–Crippen MR) is 74.9 cm³/mol. The minimum atomic E-state index is 0.0372. The first kappa shape index (κ1) is 13.4. The number of rotatable bonds is 3. The summed E-state index contributed by atoms with van der Waals surface area (Å²) >= 11 is 5.73. The molecule has 1 aliphatic rings. The summed E-state index contributed by atoms with van der Waals surface area (Å²) in [5.74, 6) is 1.25. The average molecular weight is 266 g/mol. The number of halogens is 1. The Morgan fingerprint density at radius 2 is 2.06 bits per heavy atom. The van der Waals surface area contributed by atoms with Gasteiger partial charge in [0.25, 0.3) is 5.91 Å². The van der Waals surface area contributed by atoms with Crippen LogP contribution < -0.4 is 5.32 Å². The molecule has 0 aromatic heterocycles. The summed E-state index contributed by atoms with van der Waals surface area (Å²) < 4.78 is 0. The fourth-order valence-corrected chi connectivity index (χ4v) is 2.76. The molecule has 1 amide bonds. The van der Waals surface area contributed by atoms with Crippen molar-refractivity contribution in [1.29, 1.82) is 0 Å². The smallest absolute Gasteiger partial charge is 0.251 e. The Balaban J connectivity index is 1.94. The monoisotopic (exact) mass is 265 g/mol. The van der Waals surface area contributed by atoms with Gasteiger partial charge in [0, 0.05) is 17.5 Å². The topological polar surface area (TPSA) is 29.1 Å². The highest BCUT2D eigenvalue weighted by atomic mass is 35.5. The number of carbonyl (C=O) groups excluding carboxylic acids is 1. The van der Waals surface area contributed by atoms with E-state index in [-0.39, 0.29) is 5.91 Å². The molecule has 2 unspecified atom stereocenters. The molecule has 1 aromatic carbocycles. The Labute approximate surface area is 114 Å². The molecule has 18 heavy (non-hydrogen) atoms. The number of hydrogen-bond donors (Lipinski definition) is 1. The lowest BCUT2D eigenvalue weighted by Crippen LogP contribution is -2.37. The Morgan fingerprint density at radius 1 is 1.33 bits per heavy atom. The van der Waals surface area contributed by atoms with Crippen LogP contribution in [0.15, 0.2) is 24.3 Å². The van der Waals surface area contributed by atoms with Crippen LogP contribution >= 0.6 is 11.6 Å². The first-order valence-electron chi connectivity index (χ1n) is 6.65. The van der Waals surface area contributed by atoms with Gasteiger partial charge in [-0.1, -0.05) is 31.9 Å². The van der Waals surface area contributed by atoms with E-state index in [0.717, 1.165) is 29.9 Å². The first-order valence-corrected chi connectivity index (χ1v) is 7.18. The van der Waals surface area contributed by atoms with Crippen molar-refractivity contribution >= 4 is 17.5 Å². The standard InChI is InChI=1S/C15H20ClNO/c1-11-3-2-4-14(9-11)17-15(18)13-7-5-12(10-16)6-8-13/h5-8,11,14H,2-4,9-10H2,1H3,(H,17,18). The minimum Gasteiger partial charge on any atom is -0.349 e. The van der Waals surface area contributed by atoms with E-state index < -0.39 is 0 Å². The molecule has 1 N–H and O–H groups in total. The summed E-state index contributed by atoms with van der Waals surface area (Å²) in [4.78, 5) is 12.1. The molecule has 0 saturated heterocycles. The second-order valence-electron chi connectivity index (χ2n) is 5.27. The van der Waals surface area contributed by atoms with Crippen LogP contribution in [0.3, 0.4) is 0 Å². The van der Waals surface area contributed by atoms with Gasteiger partial charge in [-0.3, -0.25) is 4.79 Å². The van der Waals surface area contributed by atoms with Gasteiger partial charge in [-0.2, -0.15) is 0 Å². The molecule has 1 aliphatic carbocycles. The third kappa shape index (κ3) is 3.49. The quantitative estimate of drug-likeness (QED) is 0.829. The first-order chi connectivity index (χ1) is 8.69. The summed E-state index contributed by atoms with van der Waals surface area (Å²) in [5.41, 5.74) is 1.77. The molecular weight excluding hydrogens is 246 g/mol. The highest BCUT2D eigenvalue weighted by Crippen LogP contribution is 2.23. The number of benzene rings is 1. The molecule has 0 radical (unpaired) electrons. The summed E-state index contributed by atoms with van der Waals surface area (Å²) in [7, 11) is 0. The van der Waals surface area contributed by atoms with E-state index in [1.807, 2.05) is 24.3 Å². The number of hydrogen-bond acceptors (Lipinski definition) is 1. The lowest BCUT2D eigenvalue weighted by molar-refractivity contribution is 0.0921. The van der Waals surface area contributed by atoms with Crippen molar-refractivity contribution in [3.05, 3.63) is 35.4 Å². The highest BCUT2D eigenvalue weighted by molar-refractivity contribution is 6.17. The second kappa shape index (κ2) is 6.24. The van der Waals surface area contributed by atoms with Gasteiger partial charge in [-0.25, -0.2) is 0 Å². The Kier molecular flexibility index (Phi) is 4.65. The van der Waals surface area contributed by atoms with Crippen LogP contribution in [0.4, 0.5) is 0 Å². The number of nitrogens with one attached hydrogen (secondary N) is 1. The third-order valence-corrected chi connectivity index (χ3v) is 3.95. The molecule has 2 rings (SSSR count). The van der Waals surface area contributed by atoms with Gasteiger partial charge in [0.15, 0.2) is 0 Å². The lowest BCUT2D eigenvalue weighted by Gasteiger charge is -2.27. The molecule has 2 nitrogen and oxygen atoms in total. The molecule has 1 saturated carbocycles. The van der Waals surface area contributed by atoms with Gasteiger partial charge in [0.1, 0.15) is 0 Å². The normalized spacial score (nSPS) is 23.7. The van der Waals surface area contributed by atoms with E-state index in [9.17, 15) is 4.79 Å². The summed E-state index contributed by atoms with van der Waals surface area (Å²) in [6, 6.07) is 7.85. The van der Waals surface area contributed by atoms with Gasteiger partial charge in [-0.05, 0) is 36.5 Å². The fraction of sp³-hybridized carbons (Fsp3) is 0.533. The van der Waals surface area contributed by atoms with Crippen LogP contribution in [0.5, 0.6) is 0 Å². The maximum absolute atomic E-state index is 12.1. The Hall–Kier alpha value is -1.02. The molecule has 0 bridgehead atoms. The van der Waals surface area contributed by atoms with Crippen molar-refractivity contribution in [2.24, 2.45) is 5.92 Å². The maximum Gasteiger partial charge on any atom is 0.251 e. The molecule has 3 heteroatoms. The van der Waals surface area contributed by atoms with E-state index in [4.69, 9.17) is 11.6 Å². The maximum atomic E-state index is 12.1. The average Bonchev–Trinajstić information content (AvgIpc) is 2.39. The van der Waals surface area contributed by atoms with Crippen LogP contribution in [0.25, 0.3) is 0 Å². The van der Waals surface area contributed by atoms with Gasteiger partial charge in [0.2, 0.25) is 0 Å². The zero-order valence-corrected chi connectivity index (χ0v) is 11.5. The highest BCUT2D eigenvalue weighted by Gasteiger charge is 2.20. The zero-order valence-electron chi connectivity index (χ0n) is 10.8. The van der Waals surface area contributed by atoms with Crippen molar-refractivity contribution in [3.63, 3.8) is 0 Å². The van der Waals surface area contributed by atoms with E-state index in [1.54, 1.807) is 0 Å². The molecule has 2 atom stereocenters. The molecule has 1 aromatic rings. The number of alkyl halides is 1. The van der Waals surface area contributed by atoms with Crippen LogP contribution in [0, 0.1) is 5.92 Å². The zero-order chi connectivity index (χ0) is 13.0. The molecule has 0 aliphatic heterocycles. The van der Waals surface area contributed by atoms with Crippen molar-refractivity contribution in [2.75, 3.05) is 0 Å². The van der Waals surface area contributed by atoms with Gasteiger partial charge >= 0.3 is 0 Å². The second-order valence-corrected chi connectivity index (χ2v) is 5.54. The van der Waals surface area contributed by atoms with Crippen molar-refractivity contribution in [3.8, 4) is 0 Å². The largest absolute Gasteiger partial charge is 0.349 e. The van der Waals surface area contributed by atoms with Gasteiger partial charge in [-0.15, -0.1) is 11.6 Å². The van der Waals surface area contributed by atoms with E-state index in [1.165, 1.54) is 12.8 Å². The summed E-state index contributed by atoms with van der Waals surface area (Å²) in [6.45, 7) is 2.26. The van der Waals surface area contributed by atoms with Gasteiger partial charge < -0.3 is 5.32 Å². The predicted octanol–water partition coefficient (Wildman–Crippen LogP) is 3.73. The molecule has 0 heterocycles. The van der Waals surface area contributed by atoms with Crippen LogP contribution in [0.1, 0.15) is 48.5 Å². The molecular formula is C15H20ClNO. The third-order valence-electron chi connectivity index (χ3n) is 3.64. The van der Waals surface area contributed by atoms with Crippen molar-refractivity contribution in [2.45, 2.75) is 44.5 Å². The lowest BCUT2D eigenvalue weighted by atomic mass is 9.87.